The van der Waals surface area contributed by atoms with Gasteiger partial charge in [0, 0.05) is 18.7 Å². The van der Waals surface area contributed by atoms with Crippen LogP contribution in [0.25, 0.3) is 0 Å². The minimum Gasteiger partial charge on any atom is -0.496 e. The lowest BCUT2D eigenvalue weighted by Crippen LogP contribution is -2.27. The van der Waals surface area contributed by atoms with Gasteiger partial charge in [-0.05, 0) is 25.5 Å². The van der Waals surface area contributed by atoms with Crippen molar-refractivity contribution < 1.29 is 14.2 Å². The average molecular weight is 265 g/mol. The van der Waals surface area contributed by atoms with Gasteiger partial charge in [0.1, 0.15) is 11.5 Å². The molecule has 1 aromatic rings. The van der Waals surface area contributed by atoms with Crippen molar-refractivity contribution in [3.63, 3.8) is 0 Å². The van der Waals surface area contributed by atoms with E-state index in [0.717, 1.165) is 30.0 Å². The van der Waals surface area contributed by atoms with Crippen LogP contribution in [-0.2, 0) is 11.3 Å². The maximum atomic E-state index is 5.62. The molecular weight excluding hydrogens is 242 g/mol. The molecule has 2 rings (SSSR count). The first kappa shape index (κ1) is 14.2. The predicted molar refractivity (Wildman–Crippen MR) is 74.9 cm³/mol. The fourth-order valence-corrected chi connectivity index (χ4v) is 2.73. The number of hydrogen-bond donors (Lipinski definition) is 1. The van der Waals surface area contributed by atoms with Gasteiger partial charge in [-0.25, -0.2) is 0 Å². The first-order valence-corrected chi connectivity index (χ1v) is 6.78. The molecule has 0 saturated carbocycles. The zero-order chi connectivity index (χ0) is 13.7. The molecule has 4 heteroatoms. The summed E-state index contributed by atoms with van der Waals surface area (Å²) in [6, 6.07) is 4.47. The molecule has 1 aliphatic rings. The van der Waals surface area contributed by atoms with Crippen molar-refractivity contribution >= 4 is 0 Å². The molecule has 4 nitrogen and oxygen atoms in total. The molecule has 0 aliphatic carbocycles. The Hall–Kier alpha value is -1.26. The third-order valence-electron chi connectivity index (χ3n) is 3.65. The molecule has 19 heavy (non-hydrogen) atoms. The van der Waals surface area contributed by atoms with Crippen LogP contribution in [0.15, 0.2) is 12.1 Å². The fraction of sp³-hybridized carbons (Fsp3) is 0.600. The van der Waals surface area contributed by atoms with Crippen molar-refractivity contribution in [2.24, 2.45) is 0 Å². The van der Waals surface area contributed by atoms with Crippen molar-refractivity contribution in [2.45, 2.75) is 31.9 Å². The highest BCUT2D eigenvalue weighted by atomic mass is 16.5. The summed E-state index contributed by atoms with van der Waals surface area (Å²) >= 11 is 0. The van der Waals surface area contributed by atoms with E-state index in [1.165, 1.54) is 18.4 Å². The summed E-state index contributed by atoms with van der Waals surface area (Å²) in [5.41, 5.74) is 2.19. The Labute approximate surface area is 115 Å². The topological polar surface area (TPSA) is 39.7 Å². The molecule has 1 unspecified atom stereocenters. The summed E-state index contributed by atoms with van der Waals surface area (Å²) in [6.45, 7) is 1.56. The molecule has 1 aromatic carbocycles. The van der Waals surface area contributed by atoms with Crippen molar-refractivity contribution in [3.8, 4) is 11.5 Å². The Bertz CT molecular complexity index is 414. The van der Waals surface area contributed by atoms with E-state index in [1.54, 1.807) is 21.3 Å². The number of methoxy groups -OCH3 is 3. The van der Waals surface area contributed by atoms with E-state index in [1.807, 2.05) is 6.07 Å². The SMILES string of the molecule is COCc1c(OC)ccc(C2CCCCN2)c1OC. The summed E-state index contributed by atoms with van der Waals surface area (Å²) in [5.74, 6) is 1.71. The van der Waals surface area contributed by atoms with Crippen LogP contribution in [0.4, 0.5) is 0 Å². The Kier molecular flexibility index (Phi) is 5.05. The highest BCUT2D eigenvalue weighted by Gasteiger charge is 2.22. The summed E-state index contributed by atoms with van der Waals surface area (Å²) in [6.07, 6.45) is 3.65. The van der Waals surface area contributed by atoms with Crippen molar-refractivity contribution in [3.05, 3.63) is 23.3 Å². The van der Waals surface area contributed by atoms with Crippen molar-refractivity contribution in [2.75, 3.05) is 27.9 Å². The molecule has 0 amide bonds. The van der Waals surface area contributed by atoms with Gasteiger partial charge in [-0.3, -0.25) is 0 Å². The fourth-order valence-electron chi connectivity index (χ4n) is 2.73. The van der Waals surface area contributed by atoms with E-state index in [0.29, 0.717) is 12.6 Å². The first-order chi connectivity index (χ1) is 9.31. The van der Waals surface area contributed by atoms with Gasteiger partial charge in [-0.2, -0.15) is 0 Å². The zero-order valence-electron chi connectivity index (χ0n) is 12.0. The maximum Gasteiger partial charge on any atom is 0.132 e. The van der Waals surface area contributed by atoms with E-state index in [-0.39, 0.29) is 0 Å². The van der Waals surface area contributed by atoms with Crippen molar-refractivity contribution in [1.29, 1.82) is 0 Å². The summed E-state index contributed by atoms with van der Waals surface area (Å²) in [4.78, 5) is 0. The number of piperidine rings is 1. The molecule has 0 radical (unpaired) electrons. The van der Waals surface area contributed by atoms with Crippen LogP contribution in [-0.4, -0.2) is 27.9 Å². The number of rotatable bonds is 5. The van der Waals surface area contributed by atoms with Gasteiger partial charge in [0.05, 0.1) is 26.4 Å². The number of nitrogens with one attached hydrogen (secondary N) is 1. The van der Waals surface area contributed by atoms with Gasteiger partial charge < -0.3 is 19.5 Å². The molecule has 0 spiro atoms. The minimum atomic E-state index is 0.366. The Morgan fingerprint density at radius 2 is 2.00 bits per heavy atom. The van der Waals surface area contributed by atoms with E-state index in [4.69, 9.17) is 14.2 Å². The van der Waals surface area contributed by atoms with Crippen LogP contribution in [0.5, 0.6) is 11.5 Å². The van der Waals surface area contributed by atoms with Crippen LogP contribution in [0.3, 0.4) is 0 Å². The molecule has 1 atom stereocenters. The standard InChI is InChI=1S/C15H23NO3/c1-17-10-12-14(18-2)8-7-11(15(12)19-3)13-6-4-5-9-16-13/h7-8,13,16H,4-6,9-10H2,1-3H3. The molecule has 0 bridgehead atoms. The second-order valence-electron chi connectivity index (χ2n) is 4.80. The number of benzene rings is 1. The normalized spacial score (nSPS) is 19.2. The highest BCUT2D eigenvalue weighted by Crippen LogP contribution is 2.38. The molecule has 106 valence electrons. The highest BCUT2D eigenvalue weighted by molar-refractivity contribution is 5.51. The molecule has 1 N–H and O–H groups in total. The van der Waals surface area contributed by atoms with Gasteiger partial charge in [0.15, 0.2) is 0 Å². The van der Waals surface area contributed by atoms with Crippen LogP contribution < -0.4 is 14.8 Å². The number of ether oxygens (including phenoxy) is 3. The van der Waals surface area contributed by atoms with Crippen LogP contribution in [0.2, 0.25) is 0 Å². The van der Waals surface area contributed by atoms with E-state index >= 15 is 0 Å². The largest absolute Gasteiger partial charge is 0.496 e. The quantitative estimate of drug-likeness (QED) is 0.888. The average Bonchev–Trinajstić information content (AvgIpc) is 2.48. The molecule has 1 aliphatic heterocycles. The third-order valence-corrected chi connectivity index (χ3v) is 3.65. The van der Waals surface area contributed by atoms with Crippen LogP contribution in [0, 0.1) is 0 Å². The van der Waals surface area contributed by atoms with Gasteiger partial charge in [-0.15, -0.1) is 0 Å². The minimum absolute atomic E-state index is 0.366. The Morgan fingerprint density at radius 1 is 1.16 bits per heavy atom. The summed E-state index contributed by atoms with van der Waals surface area (Å²) in [5, 5.41) is 3.56. The van der Waals surface area contributed by atoms with E-state index in [2.05, 4.69) is 11.4 Å². The van der Waals surface area contributed by atoms with Crippen molar-refractivity contribution in [1.82, 2.24) is 5.32 Å². The summed E-state index contributed by atoms with van der Waals surface area (Å²) < 4.78 is 16.3. The summed E-state index contributed by atoms with van der Waals surface area (Å²) in [7, 11) is 5.07. The zero-order valence-corrected chi connectivity index (χ0v) is 12.0. The monoisotopic (exact) mass is 265 g/mol. The molecule has 1 heterocycles. The molecule has 1 saturated heterocycles. The Balaban J connectivity index is 2.39. The molecule has 1 fully saturated rings. The van der Waals surface area contributed by atoms with Gasteiger partial charge in [-0.1, -0.05) is 12.5 Å². The smallest absolute Gasteiger partial charge is 0.132 e. The lowest BCUT2D eigenvalue weighted by atomic mass is 9.94. The Morgan fingerprint density at radius 3 is 2.58 bits per heavy atom. The third kappa shape index (κ3) is 3.01. The maximum absolute atomic E-state index is 5.62. The van der Waals surface area contributed by atoms with Gasteiger partial charge >= 0.3 is 0 Å². The lowest BCUT2D eigenvalue weighted by Gasteiger charge is -2.27. The molecular formula is C15H23NO3. The van der Waals surface area contributed by atoms with E-state index < -0.39 is 0 Å². The lowest BCUT2D eigenvalue weighted by molar-refractivity contribution is 0.177. The predicted octanol–water partition coefficient (Wildman–Crippen LogP) is 2.66. The molecule has 0 aromatic heterocycles. The van der Waals surface area contributed by atoms with Gasteiger partial charge in [0.2, 0.25) is 0 Å². The first-order valence-electron chi connectivity index (χ1n) is 6.78. The van der Waals surface area contributed by atoms with E-state index in [9.17, 15) is 0 Å². The number of hydrogen-bond acceptors (Lipinski definition) is 4. The van der Waals surface area contributed by atoms with Crippen LogP contribution >= 0.6 is 0 Å². The van der Waals surface area contributed by atoms with Crippen LogP contribution in [0.1, 0.15) is 36.4 Å². The second-order valence-corrected chi connectivity index (χ2v) is 4.80. The van der Waals surface area contributed by atoms with Gasteiger partial charge in [0.25, 0.3) is 0 Å². The second kappa shape index (κ2) is 6.78.